The second kappa shape index (κ2) is 5.30. The van der Waals surface area contributed by atoms with Crippen molar-refractivity contribution in [1.82, 2.24) is 25.2 Å². The van der Waals surface area contributed by atoms with Crippen molar-refractivity contribution in [1.29, 1.82) is 0 Å². The highest BCUT2D eigenvalue weighted by molar-refractivity contribution is 5.50. The van der Waals surface area contributed by atoms with E-state index >= 15 is 0 Å². The summed E-state index contributed by atoms with van der Waals surface area (Å²) in [5.41, 5.74) is 1.92. The molecule has 0 aromatic carbocycles. The van der Waals surface area contributed by atoms with Crippen LogP contribution in [0.4, 0.5) is 0 Å². The van der Waals surface area contributed by atoms with Crippen molar-refractivity contribution in [2.24, 2.45) is 5.41 Å². The molecule has 3 heterocycles. The summed E-state index contributed by atoms with van der Waals surface area (Å²) in [4.78, 5) is 0. The monoisotopic (exact) mass is 249 g/mol. The zero-order chi connectivity index (χ0) is 13.0. The maximum atomic E-state index is 5.21. The molecule has 0 radical (unpaired) electrons. The van der Waals surface area contributed by atoms with Crippen molar-refractivity contribution in [2.75, 3.05) is 13.2 Å². The van der Waals surface area contributed by atoms with E-state index in [0.29, 0.717) is 0 Å². The van der Waals surface area contributed by atoms with E-state index in [9.17, 15) is 0 Å². The van der Waals surface area contributed by atoms with Crippen molar-refractivity contribution in [3.63, 3.8) is 0 Å². The van der Waals surface area contributed by atoms with Crippen molar-refractivity contribution in [3.8, 4) is 11.4 Å². The van der Waals surface area contributed by atoms with Gasteiger partial charge in [0.15, 0.2) is 0 Å². The largest absolute Gasteiger partial charge is 0.380 e. The van der Waals surface area contributed by atoms with E-state index in [0.717, 1.165) is 31.1 Å². The normalized spacial score (nSPS) is 16.6. The lowest BCUT2D eigenvalue weighted by Gasteiger charge is -2.37. The minimum Gasteiger partial charge on any atom is -0.380 e. The molecule has 2 aromatic rings. The van der Waals surface area contributed by atoms with E-state index < -0.39 is 0 Å². The average molecular weight is 249 g/mol. The van der Waals surface area contributed by atoms with Gasteiger partial charge in [-0.05, 0) is 6.07 Å². The van der Waals surface area contributed by atoms with E-state index in [1.165, 1.54) is 0 Å². The fraction of sp³-hybridized carbons (Fsp3) is 0.583. The summed E-state index contributed by atoms with van der Waals surface area (Å²) in [7, 11) is 0. The molecule has 6 heteroatoms. The van der Waals surface area contributed by atoms with Crippen LogP contribution in [0.2, 0.25) is 0 Å². The van der Waals surface area contributed by atoms with Gasteiger partial charge in [-0.15, -0.1) is 5.10 Å². The van der Waals surface area contributed by atoms with Gasteiger partial charge in [-0.2, -0.15) is 5.10 Å². The Hall–Kier alpha value is -1.69. The first-order chi connectivity index (χ1) is 8.75. The van der Waals surface area contributed by atoms with Crippen molar-refractivity contribution < 1.29 is 4.74 Å². The highest BCUT2D eigenvalue weighted by Gasteiger charge is 2.34. The minimum atomic E-state index is 0.207. The number of nitrogens with one attached hydrogen (secondary N) is 1. The van der Waals surface area contributed by atoms with Crippen LogP contribution in [-0.4, -0.2) is 38.4 Å². The molecule has 3 rings (SSSR count). The van der Waals surface area contributed by atoms with E-state index in [1.807, 2.05) is 30.8 Å². The van der Waals surface area contributed by atoms with Gasteiger partial charge in [0.2, 0.25) is 0 Å². The standard InChI is InChI=1S/C10H13N5O.C2H6/c1-10(6-16-7-10)5-15-4-9(13-14-15)8-2-3-11-12-8;1-2/h2-4H,5-7H2,1H3,(H,11,12);1-2H3. The van der Waals surface area contributed by atoms with Crippen LogP contribution in [0.1, 0.15) is 20.8 Å². The Kier molecular flexibility index (Phi) is 3.76. The van der Waals surface area contributed by atoms with E-state index in [-0.39, 0.29) is 5.41 Å². The summed E-state index contributed by atoms with van der Waals surface area (Å²) >= 11 is 0. The molecule has 18 heavy (non-hydrogen) atoms. The molecular formula is C12H19N5O. The van der Waals surface area contributed by atoms with Crippen LogP contribution in [0, 0.1) is 5.41 Å². The molecule has 1 aliphatic rings. The summed E-state index contributed by atoms with van der Waals surface area (Å²) in [5.74, 6) is 0. The third-order valence-electron chi connectivity index (χ3n) is 2.76. The first-order valence-electron chi connectivity index (χ1n) is 6.23. The third-order valence-corrected chi connectivity index (χ3v) is 2.76. The number of hydrogen-bond acceptors (Lipinski definition) is 4. The number of hydrogen-bond donors (Lipinski definition) is 1. The number of nitrogens with zero attached hydrogens (tertiary/aromatic N) is 4. The Labute approximate surface area is 106 Å². The number of aromatic nitrogens is 5. The first kappa shape index (κ1) is 12.8. The Morgan fingerprint density at radius 1 is 1.44 bits per heavy atom. The van der Waals surface area contributed by atoms with Crippen molar-refractivity contribution in [3.05, 3.63) is 18.5 Å². The molecule has 1 N–H and O–H groups in total. The maximum absolute atomic E-state index is 5.21. The van der Waals surface area contributed by atoms with Gasteiger partial charge in [-0.3, -0.25) is 9.78 Å². The summed E-state index contributed by atoms with van der Waals surface area (Å²) in [5, 5.41) is 15.0. The van der Waals surface area contributed by atoms with Crippen LogP contribution in [0.3, 0.4) is 0 Å². The van der Waals surface area contributed by atoms with Gasteiger partial charge in [0, 0.05) is 11.6 Å². The molecule has 0 aliphatic carbocycles. The van der Waals surface area contributed by atoms with Gasteiger partial charge in [0.1, 0.15) is 5.69 Å². The lowest BCUT2D eigenvalue weighted by molar-refractivity contribution is -0.111. The van der Waals surface area contributed by atoms with Gasteiger partial charge in [-0.25, -0.2) is 0 Å². The highest BCUT2D eigenvalue weighted by atomic mass is 16.5. The molecule has 1 aliphatic heterocycles. The predicted octanol–water partition coefficient (Wildman–Crippen LogP) is 1.73. The van der Waals surface area contributed by atoms with Crippen LogP contribution >= 0.6 is 0 Å². The fourth-order valence-corrected chi connectivity index (χ4v) is 1.83. The first-order valence-corrected chi connectivity index (χ1v) is 6.23. The van der Waals surface area contributed by atoms with Gasteiger partial charge in [0.05, 0.1) is 31.6 Å². The number of rotatable bonds is 3. The molecule has 6 nitrogen and oxygen atoms in total. The Morgan fingerprint density at radius 3 is 2.78 bits per heavy atom. The Bertz CT molecular complexity index is 472. The zero-order valence-electron chi connectivity index (χ0n) is 11.1. The van der Waals surface area contributed by atoms with Crippen molar-refractivity contribution in [2.45, 2.75) is 27.3 Å². The van der Waals surface area contributed by atoms with Crippen molar-refractivity contribution >= 4 is 0 Å². The zero-order valence-corrected chi connectivity index (χ0v) is 11.1. The van der Waals surface area contributed by atoms with Crippen LogP contribution in [0.5, 0.6) is 0 Å². The molecular weight excluding hydrogens is 230 g/mol. The van der Waals surface area contributed by atoms with Crippen LogP contribution in [0.25, 0.3) is 11.4 Å². The lowest BCUT2D eigenvalue weighted by atomic mass is 9.89. The molecule has 98 valence electrons. The maximum Gasteiger partial charge on any atom is 0.130 e. The summed E-state index contributed by atoms with van der Waals surface area (Å²) in [6.07, 6.45) is 3.63. The minimum absolute atomic E-state index is 0.207. The topological polar surface area (TPSA) is 68.6 Å². The number of H-pyrrole nitrogens is 1. The van der Waals surface area contributed by atoms with E-state index in [1.54, 1.807) is 6.20 Å². The molecule has 0 bridgehead atoms. The van der Waals surface area contributed by atoms with Crippen LogP contribution in [0.15, 0.2) is 18.5 Å². The molecule has 0 unspecified atom stereocenters. The summed E-state index contributed by atoms with van der Waals surface area (Å²) in [6.45, 7) is 8.63. The number of aromatic amines is 1. The van der Waals surface area contributed by atoms with E-state index in [2.05, 4.69) is 27.4 Å². The molecule has 0 spiro atoms. The molecule has 2 aromatic heterocycles. The molecule has 0 amide bonds. The Balaban J connectivity index is 0.000000574. The molecule has 1 fully saturated rings. The van der Waals surface area contributed by atoms with Crippen LogP contribution < -0.4 is 0 Å². The average Bonchev–Trinajstić information content (AvgIpc) is 2.99. The lowest BCUT2D eigenvalue weighted by Crippen LogP contribution is -2.43. The number of ether oxygens (including phenoxy) is 1. The summed E-state index contributed by atoms with van der Waals surface area (Å²) < 4.78 is 7.07. The van der Waals surface area contributed by atoms with Gasteiger partial charge in [-0.1, -0.05) is 26.0 Å². The molecule has 0 atom stereocenters. The third kappa shape index (κ3) is 2.59. The smallest absolute Gasteiger partial charge is 0.130 e. The van der Waals surface area contributed by atoms with Crippen LogP contribution in [-0.2, 0) is 11.3 Å². The SMILES string of the molecule is CC.CC1(Cn2cc(-c3ccn[nH]3)nn2)COC1. The second-order valence-electron chi connectivity index (χ2n) is 4.58. The van der Waals surface area contributed by atoms with Gasteiger partial charge < -0.3 is 4.74 Å². The molecule has 0 saturated carbocycles. The fourth-order valence-electron chi connectivity index (χ4n) is 1.83. The molecule has 1 saturated heterocycles. The van der Waals surface area contributed by atoms with E-state index in [4.69, 9.17) is 4.74 Å². The summed E-state index contributed by atoms with van der Waals surface area (Å²) in [6, 6.07) is 1.88. The predicted molar refractivity (Wildman–Crippen MR) is 67.9 cm³/mol. The van der Waals surface area contributed by atoms with Gasteiger partial charge >= 0.3 is 0 Å². The Morgan fingerprint density at radius 2 is 2.22 bits per heavy atom. The van der Waals surface area contributed by atoms with Gasteiger partial charge in [0.25, 0.3) is 0 Å². The second-order valence-corrected chi connectivity index (χ2v) is 4.58. The highest BCUT2D eigenvalue weighted by Crippen LogP contribution is 2.28. The quantitative estimate of drug-likeness (QED) is 0.899.